The summed E-state index contributed by atoms with van der Waals surface area (Å²) < 4.78 is 0. The number of aromatic amines is 1. The number of aromatic nitrogens is 1. The van der Waals surface area contributed by atoms with Crippen LogP contribution < -0.4 is 10.2 Å². The summed E-state index contributed by atoms with van der Waals surface area (Å²) in [5.41, 5.74) is 4.53. The lowest BCUT2D eigenvalue weighted by Crippen LogP contribution is -2.26. The fourth-order valence-corrected chi connectivity index (χ4v) is 4.01. The van der Waals surface area contributed by atoms with Crippen molar-refractivity contribution in [2.24, 2.45) is 0 Å². The van der Waals surface area contributed by atoms with E-state index in [1.54, 1.807) is 4.90 Å². The Labute approximate surface area is 157 Å². The van der Waals surface area contributed by atoms with Gasteiger partial charge in [0.25, 0.3) is 5.91 Å². The van der Waals surface area contributed by atoms with Gasteiger partial charge in [0.05, 0.1) is 11.1 Å². The van der Waals surface area contributed by atoms with Crippen LogP contribution in [0, 0.1) is 6.92 Å². The van der Waals surface area contributed by atoms with E-state index in [1.807, 2.05) is 31.2 Å². The van der Waals surface area contributed by atoms with Gasteiger partial charge in [-0.05, 0) is 43.9 Å². The maximum atomic E-state index is 12.7. The van der Waals surface area contributed by atoms with Gasteiger partial charge in [0.15, 0.2) is 5.78 Å². The number of nitrogens with one attached hydrogen (secondary N) is 2. The van der Waals surface area contributed by atoms with Crippen LogP contribution in [0.15, 0.2) is 24.3 Å². The third kappa shape index (κ3) is 3.27. The van der Waals surface area contributed by atoms with Crippen LogP contribution in [-0.4, -0.2) is 29.1 Å². The summed E-state index contributed by atoms with van der Waals surface area (Å²) in [7, 11) is 0. The number of anilines is 1. The van der Waals surface area contributed by atoms with E-state index in [4.69, 9.17) is 0 Å². The average Bonchev–Trinajstić information content (AvgIpc) is 3.23. The number of nitrogens with zero attached hydrogens (tertiary/aromatic N) is 1. The van der Waals surface area contributed by atoms with E-state index in [0.717, 1.165) is 48.4 Å². The van der Waals surface area contributed by atoms with Crippen LogP contribution in [0.5, 0.6) is 0 Å². The van der Waals surface area contributed by atoms with Gasteiger partial charge in [-0.2, -0.15) is 0 Å². The van der Waals surface area contributed by atoms with Crippen molar-refractivity contribution in [2.75, 3.05) is 11.4 Å². The molecular weight excluding hydrogens is 342 g/mol. The van der Waals surface area contributed by atoms with Crippen molar-refractivity contribution in [1.82, 2.24) is 10.3 Å². The van der Waals surface area contributed by atoms with Crippen molar-refractivity contribution in [3.63, 3.8) is 0 Å². The number of benzene rings is 1. The molecule has 2 N–H and O–H groups in total. The van der Waals surface area contributed by atoms with Crippen LogP contribution in [0.1, 0.15) is 63.4 Å². The molecule has 140 valence electrons. The molecule has 2 heterocycles. The number of aryl methyl sites for hydroxylation is 2. The predicted octanol–water partition coefficient (Wildman–Crippen LogP) is 2.90. The van der Waals surface area contributed by atoms with Crippen molar-refractivity contribution in [1.29, 1.82) is 0 Å². The Morgan fingerprint density at radius 2 is 1.89 bits per heavy atom. The van der Waals surface area contributed by atoms with Gasteiger partial charge in [-0.1, -0.05) is 12.1 Å². The monoisotopic (exact) mass is 365 g/mol. The second-order valence-electron chi connectivity index (χ2n) is 7.25. The summed E-state index contributed by atoms with van der Waals surface area (Å²) in [4.78, 5) is 41.8. The fraction of sp³-hybridized carbons (Fsp3) is 0.381. The molecule has 1 aromatic carbocycles. The smallest absolute Gasteiger partial charge is 0.254 e. The van der Waals surface area contributed by atoms with Crippen molar-refractivity contribution >= 4 is 23.3 Å². The van der Waals surface area contributed by atoms with E-state index in [-0.39, 0.29) is 17.6 Å². The third-order valence-electron chi connectivity index (χ3n) is 5.38. The topological polar surface area (TPSA) is 82.3 Å². The Hall–Kier alpha value is -2.89. The summed E-state index contributed by atoms with van der Waals surface area (Å²) in [5, 5.41) is 2.92. The number of carbonyl (C=O) groups is 3. The molecule has 1 aliphatic carbocycles. The molecule has 0 bridgehead atoms. The van der Waals surface area contributed by atoms with Crippen molar-refractivity contribution in [3.8, 4) is 0 Å². The number of amides is 2. The van der Waals surface area contributed by atoms with Gasteiger partial charge in [0, 0.05) is 43.0 Å². The van der Waals surface area contributed by atoms with E-state index in [0.29, 0.717) is 30.5 Å². The summed E-state index contributed by atoms with van der Waals surface area (Å²) in [6.07, 6.45) is 3.65. The van der Waals surface area contributed by atoms with E-state index < -0.39 is 0 Å². The molecule has 6 heteroatoms. The second-order valence-corrected chi connectivity index (χ2v) is 7.25. The molecule has 2 aromatic rings. The van der Waals surface area contributed by atoms with Gasteiger partial charge < -0.3 is 15.2 Å². The zero-order valence-electron chi connectivity index (χ0n) is 15.4. The molecule has 0 atom stereocenters. The minimum atomic E-state index is -0.223. The number of rotatable bonds is 4. The number of Topliss-reactive ketones (excluding diaryl/α,β-unsaturated/α-hetero) is 1. The first-order valence-corrected chi connectivity index (χ1v) is 9.46. The minimum Gasteiger partial charge on any atom is -0.361 e. The molecule has 2 aliphatic rings. The molecule has 2 amide bonds. The second kappa shape index (κ2) is 7.02. The number of carbonyl (C=O) groups excluding carboxylic acids is 3. The van der Waals surface area contributed by atoms with Crippen LogP contribution >= 0.6 is 0 Å². The van der Waals surface area contributed by atoms with E-state index >= 15 is 0 Å². The van der Waals surface area contributed by atoms with Crippen molar-refractivity contribution in [3.05, 3.63) is 52.3 Å². The Kier molecular flexibility index (Phi) is 4.56. The first kappa shape index (κ1) is 17.5. The molecule has 1 aromatic heterocycles. The standard InChI is InChI=1S/C21H23N3O3/c1-13-19(20-16(23-13)4-2-5-17(20)25)21(27)22-12-14-7-9-15(10-8-14)24-11-3-6-18(24)26/h7-10,23H,2-6,11-12H2,1H3,(H,22,27). The molecule has 1 saturated heterocycles. The molecule has 0 unspecified atom stereocenters. The number of fused-ring (bicyclic) bond motifs is 1. The molecule has 0 spiro atoms. The highest BCUT2D eigenvalue weighted by molar-refractivity contribution is 6.10. The molecule has 0 saturated carbocycles. The molecule has 1 aliphatic heterocycles. The van der Waals surface area contributed by atoms with Gasteiger partial charge in [0.2, 0.25) is 5.91 Å². The highest BCUT2D eigenvalue weighted by atomic mass is 16.2. The Bertz CT molecular complexity index is 911. The zero-order valence-corrected chi connectivity index (χ0v) is 15.4. The SMILES string of the molecule is Cc1[nH]c2c(c1C(=O)NCc1ccc(N3CCCC3=O)cc1)C(=O)CCC2. The molecule has 6 nitrogen and oxygen atoms in total. The van der Waals surface area contributed by atoms with Crippen molar-refractivity contribution < 1.29 is 14.4 Å². The Balaban J connectivity index is 1.45. The number of hydrogen-bond donors (Lipinski definition) is 2. The number of ketones is 1. The highest BCUT2D eigenvalue weighted by Crippen LogP contribution is 2.27. The summed E-state index contributed by atoms with van der Waals surface area (Å²) in [5.74, 6) is -0.0159. The maximum Gasteiger partial charge on any atom is 0.254 e. The van der Waals surface area contributed by atoms with Gasteiger partial charge >= 0.3 is 0 Å². The van der Waals surface area contributed by atoms with Gasteiger partial charge in [0.1, 0.15) is 0 Å². The van der Waals surface area contributed by atoms with Gasteiger partial charge in [-0.25, -0.2) is 0 Å². The number of hydrogen-bond acceptors (Lipinski definition) is 3. The van der Waals surface area contributed by atoms with E-state index in [9.17, 15) is 14.4 Å². The average molecular weight is 365 g/mol. The lowest BCUT2D eigenvalue weighted by Gasteiger charge is -2.16. The summed E-state index contributed by atoms with van der Waals surface area (Å²) in [6.45, 7) is 2.98. The Morgan fingerprint density at radius 1 is 1.11 bits per heavy atom. The Morgan fingerprint density at radius 3 is 2.59 bits per heavy atom. The predicted molar refractivity (Wildman–Crippen MR) is 102 cm³/mol. The fourth-order valence-electron chi connectivity index (χ4n) is 4.01. The molecular formula is C21H23N3O3. The number of H-pyrrole nitrogens is 1. The minimum absolute atomic E-state index is 0.0467. The molecule has 0 radical (unpaired) electrons. The molecule has 1 fully saturated rings. The molecule has 4 rings (SSSR count). The highest BCUT2D eigenvalue weighted by Gasteiger charge is 2.28. The first-order valence-electron chi connectivity index (χ1n) is 9.46. The summed E-state index contributed by atoms with van der Waals surface area (Å²) >= 11 is 0. The normalized spacial score (nSPS) is 16.6. The van der Waals surface area contributed by atoms with Crippen LogP contribution in [0.4, 0.5) is 5.69 Å². The largest absolute Gasteiger partial charge is 0.361 e. The van der Waals surface area contributed by atoms with Gasteiger partial charge in [-0.3, -0.25) is 14.4 Å². The lowest BCUT2D eigenvalue weighted by molar-refractivity contribution is -0.117. The molecule has 27 heavy (non-hydrogen) atoms. The van der Waals surface area contributed by atoms with Crippen LogP contribution in [0.2, 0.25) is 0 Å². The van der Waals surface area contributed by atoms with E-state index in [1.165, 1.54) is 0 Å². The van der Waals surface area contributed by atoms with E-state index in [2.05, 4.69) is 10.3 Å². The van der Waals surface area contributed by atoms with Gasteiger partial charge in [-0.15, -0.1) is 0 Å². The third-order valence-corrected chi connectivity index (χ3v) is 5.38. The van der Waals surface area contributed by atoms with Crippen molar-refractivity contribution in [2.45, 2.75) is 45.6 Å². The maximum absolute atomic E-state index is 12.7. The quantitative estimate of drug-likeness (QED) is 0.874. The first-order chi connectivity index (χ1) is 13.0. The van der Waals surface area contributed by atoms with Crippen LogP contribution in [0.25, 0.3) is 0 Å². The lowest BCUT2D eigenvalue weighted by atomic mass is 9.93. The van der Waals surface area contributed by atoms with Crippen LogP contribution in [0.3, 0.4) is 0 Å². The van der Waals surface area contributed by atoms with Crippen LogP contribution in [-0.2, 0) is 17.8 Å². The summed E-state index contributed by atoms with van der Waals surface area (Å²) in [6, 6.07) is 7.67. The zero-order chi connectivity index (χ0) is 19.0.